The molecule has 0 saturated carbocycles. The third kappa shape index (κ3) is 5.78. The quantitative estimate of drug-likeness (QED) is 0.577. The average Bonchev–Trinajstić information content (AvgIpc) is 2.85. The monoisotopic (exact) mass is 430 g/mol. The van der Waals surface area contributed by atoms with E-state index in [4.69, 9.17) is 9.47 Å². The van der Waals surface area contributed by atoms with E-state index in [0.29, 0.717) is 5.88 Å². The Balaban J connectivity index is 1.38. The van der Waals surface area contributed by atoms with Crippen molar-refractivity contribution in [3.63, 3.8) is 0 Å². The summed E-state index contributed by atoms with van der Waals surface area (Å²) in [6.07, 6.45) is 8.46. The van der Waals surface area contributed by atoms with Crippen molar-refractivity contribution in [2.24, 2.45) is 0 Å². The number of benzene rings is 1. The largest absolute Gasteiger partial charge is 0.481 e. The first-order chi connectivity index (χ1) is 15.7. The van der Waals surface area contributed by atoms with Crippen LogP contribution < -0.4 is 10.1 Å². The molecule has 0 spiro atoms. The summed E-state index contributed by atoms with van der Waals surface area (Å²) in [5, 5.41) is 2.91. The number of aromatic nitrogens is 2. The Kier molecular flexibility index (Phi) is 7.22. The molecule has 1 aliphatic heterocycles. The molecule has 1 amide bonds. The molecular weight excluding hydrogens is 404 g/mol. The standard InChI is InChI=1S/C25H26N4O3/c1-31-25-9-5-21(17-27-25)23-10-11-26-16-20(23)4-8-24(30)28-22-6-2-19(3-7-22)18-29-12-14-32-15-13-29/h2-11,16-17H,12-15,18H2,1H3,(H,28,30)/b8-4+. The number of ether oxygens (including phenoxy) is 2. The van der Waals surface area contributed by atoms with Gasteiger partial charge in [0.2, 0.25) is 11.8 Å². The van der Waals surface area contributed by atoms with Crippen LogP contribution in [0.5, 0.6) is 5.88 Å². The van der Waals surface area contributed by atoms with Gasteiger partial charge in [-0.2, -0.15) is 0 Å². The molecule has 164 valence electrons. The first kappa shape index (κ1) is 21.7. The number of carbonyl (C=O) groups is 1. The summed E-state index contributed by atoms with van der Waals surface area (Å²) in [6.45, 7) is 4.36. The number of pyridine rings is 2. The summed E-state index contributed by atoms with van der Waals surface area (Å²) >= 11 is 0. The third-order valence-corrected chi connectivity index (χ3v) is 5.25. The van der Waals surface area contributed by atoms with E-state index in [9.17, 15) is 4.79 Å². The van der Waals surface area contributed by atoms with Gasteiger partial charge in [0.1, 0.15) is 0 Å². The molecule has 3 aromatic rings. The van der Waals surface area contributed by atoms with Crippen LogP contribution in [-0.4, -0.2) is 54.2 Å². The van der Waals surface area contributed by atoms with Crippen LogP contribution in [0.1, 0.15) is 11.1 Å². The fourth-order valence-corrected chi connectivity index (χ4v) is 3.52. The zero-order chi connectivity index (χ0) is 22.2. The van der Waals surface area contributed by atoms with Gasteiger partial charge in [-0.3, -0.25) is 14.7 Å². The van der Waals surface area contributed by atoms with Crippen molar-refractivity contribution < 1.29 is 14.3 Å². The third-order valence-electron chi connectivity index (χ3n) is 5.25. The lowest BCUT2D eigenvalue weighted by atomic mass is 10.0. The van der Waals surface area contributed by atoms with E-state index >= 15 is 0 Å². The molecule has 2 aromatic heterocycles. The van der Waals surface area contributed by atoms with Gasteiger partial charge in [0.25, 0.3) is 0 Å². The lowest BCUT2D eigenvalue weighted by Crippen LogP contribution is -2.35. The fourth-order valence-electron chi connectivity index (χ4n) is 3.52. The van der Waals surface area contributed by atoms with Gasteiger partial charge < -0.3 is 14.8 Å². The molecule has 0 atom stereocenters. The Bertz CT molecular complexity index is 1060. The SMILES string of the molecule is COc1ccc(-c2ccncc2/C=C/C(=O)Nc2ccc(CN3CCOCC3)cc2)cn1. The van der Waals surface area contributed by atoms with Crippen molar-refractivity contribution in [2.75, 3.05) is 38.7 Å². The number of anilines is 1. The van der Waals surface area contributed by atoms with Crippen molar-refractivity contribution in [3.05, 3.63) is 78.3 Å². The molecule has 0 bridgehead atoms. The highest BCUT2D eigenvalue weighted by Crippen LogP contribution is 2.24. The number of rotatable bonds is 7. The highest BCUT2D eigenvalue weighted by Gasteiger charge is 2.10. The fraction of sp³-hybridized carbons (Fsp3) is 0.240. The number of hydrogen-bond acceptors (Lipinski definition) is 6. The van der Waals surface area contributed by atoms with Gasteiger partial charge >= 0.3 is 0 Å². The predicted molar refractivity (Wildman–Crippen MR) is 124 cm³/mol. The molecule has 1 N–H and O–H groups in total. The molecule has 3 heterocycles. The number of nitrogens with zero attached hydrogens (tertiary/aromatic N) is 3. The van der Waals surface area contributed by atoms with Gasteiger partial charge in [0.15, 0.2) is 0 Å². The van der Waals surface area contributed by atoms with Crippen LogP contribution in [0, 0.1) is 0 Å². The normalized spacial score (nSPS) is 14.4. The molecule has 32 heavy (non-hydrogen) atoms. The number of methoxy groups -OCH3 is 1. The van der Waals surface area contributed by atoms with E-state index in [1.54, 1.807) is 37.8 Å². The van der Waals surface area contributed by atoms with E-state index in [1.165, 1.54) is 11.6 Å². The van der Waals surface area contributed by atoms with E-state index in [2.05, 4.69) is 20.2 Å². The number of hydrogen-bond donors (Lipinski definition) is 1. The van der Waals surface area contributed by atoms with Crippen LogP contribution >= 0.6 is 0 Å². The van der Waals surface area contributed by atoms with Crippen LogP contribution in [0.15, 0.2) is 67.1 Å². The van der Waals surface area contributed by atoms with Crippen molar-refractivity contribution in [2.45, 2.75) is 6.54 Å². The predicted octanol–water partition coefficient (Wildman–Crippen LogP) is 3.64. The minimum Gasteiger partial charge on any atom is -0.481 e. The smallest absolute Gasteiger partial charge is 0.248 e. The number of nitrogens with one attached hydrogen (secondary N) is 1. The molecule has 1 fully saturated rings. The maximum Gasteiger partial charge on any atom is 0.248 e. The minimum absolute atomic E-state index is 0.200. The molecule has 0 aliphatic carbocycles. The number of morpholine rings is 1. The molecule has 4 rings (SSSR count). The molecular formula is C25H26N4O3. The van der Waals surface area contributed by atoms with Gasteiger partial charge in [-0.1, -0.05) is 12.1 Å². The van der Waals surface area contributed by atoms with Gasteiger partial charge in [-0.15, -0.1) is 0 Å². The summed E-state index contributed by atoms with van der Waals surface area (Å²) in [5.74, 6) is 0.351. The Morgan fingerprint density at radius 1 is 1.12 bits per heavy atom. The zero-order valence-corrected chi connectivity index (χ0v) is 18.0. The maximum absolute atomic E-state index is 12.4. The summed E-state index contributed by atoms with van der Waals surface area (Å²) in [5.41, 5.74) is 4.66. The van der Waals surface area contributed by atoms with Crippen molar-refractivity contribution in [3.8, 4) is 17.0 Å². The zero-order valence-electron chi connectivity index (χ0n) is 18.0. The second kappa shape index (κ2) is 10.7. The van der Waals surface area contributed by atoms with Crippen LogP contribution in [0.3, 0.4) is 0 Å². The molecule has 1 aromatic carbocycles. The summed E-state index contributed by atoms with van der Waals surface area (Å²) in [6, 6.07) is 13.6. The van der Waals surface area contributed by atoms with Gasteiger partial charge in [0.05, 0.1) is 20.3 Å². The van der Waals surface area contributed by atoms with E-state index in [0.717, 1.165) is 55.2 Å². The average molecular weight is 431 g/mol. The van der Waals surface area contributed by atoms with Crippen molar-refractivity contribution in [1.82, 2.24) is 14.9 Å². The second-order valence-corrected chi connectivity index (χ2v) is 7.46. The first-order valence-corrected chi connectivity index (χ1v) is 10.5. The highest BCUT2D eigenvalue weighted by molar-refractivity contribution is 6.02. The van der Waals surface area contributed by atoms with Crippen LogP contribution in [0.25, 0.3) is 17.2 Å². The van der Waals surface area contributed by atoms with Crippen LogP contribution in [0.4, 0.5) is 5.69 Å². The highest BCUT2D eigenvalue weighted by atomic mass is 16.5. The van der Waals surface area contributed by atoms with Crippen molar-refractivity contribution >= 4 is 17.7 Å². The van der Waals surface area contributed by atoms with Crippen molar-refractivity contribution in [1.29, 1.82) is 0 Å². The van der Waals surface area contributed by atoms with Gasteiger partial charge in [-0.25, -0.2) is 4.98 Å². The lowest BCUT2D eigenvalue weighted by molar-refractivity contribution is -0.111. The lowest BCUT2D eigenvalue weighted by Gasteiger charge is -2.26. The van der Waals surface area contributed by atoms with Crippen LogP contribution in [0.2, 0.25) is 0 Å². The molecule has 1 saturated heterocycles. The minimum atomic E-state index is -0.200. The van der Waals surface area contributed by atoms with Gasteiger partial charge in [-0.05, 0) is 41.5 Å². The molecule has 0 unspecified atom stereocenters. The topological polar surface area (TPSA) is 76.6 Å². The van der Waals surface area contributed by atoms with Crippen LogP contribution in [-0.2, 0) is 16.1 Å². The molecule has 7 heteroatoms. The molecule has 0 radical (unpaired) electrons. The molecule has 7 nitrogen and oxygen atoms in total. The Labute approximate surface area is 187 Å². The number of carbonyl (C=O) groups excluding carboxylic acids is 1. The Morgan fingerprint density at radius 3 is 2.66 bits per heavy atom. The van der Waals surface area contributed by atoms with Gasteiger partial charge in [0, 0.05) is 67.2 Å². The summed E-state index contributed by atoms with van der Waals surface area (Å²) in [7, 11) is 1.58. The van der Waals surface area contributed by atoms with E-state index in [-0.39, 0.29) is 5.91 Å². The first-order valence-electron chi connectivity index (χ1n) is 10.5. The summed E-state index contributed by atoms with van der Waals surface area (Å²) in [4.78, 5) is 23.3. The van der Waals surface area contributed by atoms with E-state index < -0.39 is 0 Å². The Morgan fingerprint density at radius 2 is 1.94 bits per heavy atom. The summed E-state index contributed by atoms with van der Waals surface area (Å²) < 4.78 is 10.5. The molecule has 1 aliphatic rings. The Hall–Kier alpha value is -3.55. The van der Waals surface area contributed by atoms with E-state index in [1.807, 2.05) is 36.4 Å². The second-order valence-electron chi connectivity index (χ2n) is 7.46. The number of amides is 1. The maximum atomic E-state index is 12.4.